The molecule has 198 valence electrons. The van der Waals surface area contributed by atoms with Gasteiger partial charge in [-0.05, 0) is 42.0 Å². The smallest absolute Gasteiger partial charge is 0.283 e. The molecule has 1 aromatic heterocycles. The first kappa shape index (κ1) is 27.7. The molecule has 13 heteroatoms. The standard InChI is InChI=1S/C24H26ClN5O4S2.ClH/c1-14-9-19-21(12-27-14)35-23(28-19)24(32)30-8-7-29(13-20(30)22(31)26-2)36(33,34)18-6-4-15-10-17(25)5-3-16(15)11-18;/h3-6,10-11,14,20,27H,7-9,12-13H2,1-2H3,(H,26,31);1H. The molecule has 3 heterocycles. The average molecular weight is 585 g/mol. The number of nitrogens with zero attached hydrogens (tertiary/aromatic N) is 3. The van der Waals surface area contributed by atoms with Crippen molar-refractivity contribution >= 4 is 68.0 Å². The normalized spacial score (nSPS) is 20.2. The van der Waals surface area contributed by atoms with Crippen LogP contribution >= 0.6 is 35.3 Å². The van der Waals surface area contributed by atoms with E-state index < -0.39 is 22.0 Å². The van der Waals surface area contributed by atoms with Crippen molar-refractivity contribution in [1.29, 1.82) is 0 Å². The van der Waals surface area contributed by atoms with Crippen LogP contribution < -0.4 is 10.6 Å². The molecule has 0 radical (unpaired) electrons. The van der Waals surface area contributed by atoms with Gasteiger partial charge in [-0.15, -0.1) is 23.7 Å². The van der Waals surface area contributed by atoms with Gasteiger partial charge in [-0.1, -0.05) is 23.7 Å². The Balaban J connectivity index is 0.00000320. The molecule has 0 bridgehead atoms. The van der Waals surface area contributed by atoms with Gasteiger partial charge in [0, 0.05) is 55.6 Å². The van der Waals surface area contributed by atoms with Crippen LogP contribution in [0.15, 0.2) is 41.3 Å². The molecule has 5 rings (SSSR count). The number of carbonyl (C=O) groups excluding carboxylic acids is 2. The lowest BCUT2D eigenvalue weighted by atomic mass is 10.1. The molecule has 3 aromatic rings. The number of thiazole rings is 1. The second-order valence-electron chi connectivity index (χ2n) is 9.02. The van der Waals surface area contributed by atoms with Crippen LogP contribution in [0.2, 0.25) is 5.02 Å². The number of hydrogen-bond acceptors (Lipinski definition) is 7. The average Bonchev–Trinajstić information content (AvgIpc) is 3.30. The number of halogens is 2. The minimum atomic E-state index is -3.90. The first-order chi connectivity index (χ1) is 17.2. The predicted molar refractivity (Wildman–Crippen MR) is 146 cm³/mol. The number of benzene rings is 2. The fourth-order valence-corrected chi connectivity index (χ4v) is 7.29. The van der Waals surface area contributed by atoms with Crippen LogP contribution in [0.1, 0.15) is 27.3 Å². The molecule has 2 atom stereocenters. The van der Waals surface area contributed by atoms with Crippen molar-refractivity contribution in [3.63, 3.8) is 0 Å². The number of piperazine rings is 1. The first-order valence-electron chi connectivity index (χ1n) is 11.6. The van der Waals surface area contributed by atoms with Crippen LogP contribution in [-0.4, -0.2) is 73.2 Å². The number of aromatic nitrogens is 1. The van der Waals surface area contributed by atoms with E-state index in [0.717, 1.165) is 27.8 Å². The lowest BCUT2D eigenvalue weighted by Gasteiger charge is -2.39. The van der Waals surface area contributed by atoms with Gasteiger partial charge in [0.1, 0.15) is 6.04 Å². The summed E-state index contributed by atoms with van der Waals surface area (Å²) in [5.41, 5.74) is 0.907. The second kappa shape index (κ2) is 10.8. The first-order valence-corrected chi connectivity index (χ1v) is 14.2. The molecule has 2 unspecified atom stereocenters. The van der Waals surface area contributed by atoms with Crippen molar-refractivity contribution < 1.29 is 18.0 Å². The predicted octanol–water partition coefficient (Wildman–Crippen LogP) is 2.67. The number of carbonyl (C=O) groups is 2. The summed E-state index contributed by atoms with van der Waals surface area (Å²) in [7, 11) is -2.43. The van der Waals surface area contributed by atoms with Crippen LogP contribution in [0.4, 0.5) is 0 Å². The Morgan fingerprint density at radius 2 is 1.89 bits per heavy atom. The summed E-state index contributed by atoms with van der Waals surface area (Å²) in [6.07, 6.45) is 0.738. The van der Waals surface area contributed by atoms with Crippen LogP contribution in [0.25, 0.3) is 10.8 Å². The molecule has 0 spiro atoms. The third kappa shape index (κ3) is 5.34. The van der Waals surface area contributed by atoms with Gasteiger partial charge < -0.3 is 15.5 Å². The van der Waals surface area contributed by atoms with Gasteiger partial charge in [-0.25, -0.2) is 13.4 Å². The zero-order valence-corrected chi connectivity index (χ0v) is 23.4. The molecule has 1 fully saturated rings. The van der Waals surface area contributed by atoms with Crippen LogP contribution in [0, 0.1) is 0 Å². The highest BCUT2D eigenvalue weighted by molar-refractivity contribution is 7.89. The van der Waals surface area contributed by atoms with E-state index in [1.165, 1.54) is 33.7 Å². The fourth-order valence-electron chi connectivity index (χ4n) is 4.64. The molecule has 1 saturated heterocycles. The fraction of sp³-hybridized carbons (Fsp3) is 0.375. The van der Waals surface area contributed by atoms with Crippen LogP contribution in [0.5, 0.6) is 0 Å². The van der Waals surface area contributed by atoms with E-state index in [2.05, 4.69) is 22.5 Å². The summed E-state index contributed by atoms with van der Waals surface area (Å²) in [5.74, 6) is -0.775. The maximum Gasteiger partial charge on any atom is 0.283 e. The van der Waals surface area contributed by atoms with Gasteiger partial charge in [0.25, 0.3) is 5.91 Å². The number of hydrogen-bond donors (Lipinski definition) is 2. The number of sulfonamides is 1. The maximum atomic E-state index is 13.5. The molecular formula is C24H27Cl2N5O4S2. The van der Waals surface area contributed by atoms with Crippen LogP contribution in [0.3, 0.4) is 0 Å². The minimum Gasteiger partial charge on any atom is -0.357 e. The number of rotatable bonds is 4. The van der Waals surface area contributed by atoms with E-state index >= 15 is 0 Å². The van der Waals surface area contributed by atoms with E-state index in [1.807, 2.05) is 0 Å². The molecule has 37 heavy (non-hydrogen) atoms. The third-order valence-electron chi connectivity index (χ3n) is 6.64. The monoisotopic (exact) mass is 583 g/mol. The molecule has 9 nitrogen and oxygen atoms in total. The lowest BCUT2D eigenvalue weighted by molar-refractivity contribution is -0.126. The summed E-state index contributed by atoms with van der Waals surface area (Å²) in [5, 5.41) is 8.40. The maximum absolute atomic E-state index is 13.5. The Labute approximate surface area is 230 Å². The number of likely N-dealkylation sites (N-methyl/N-ethyl adjacent to an activating group) is 1. The highest BCUT2D eigenvalue weighted by Gasteiger charge is 2.41. The Bertz CT molecular complexity index is 1460. The SMILES string of the molecule is CNC(=O)C1CN(S(=O)(=O)c2ccc3cc(Cl)ccc3c2)CCN1C(=O)c1nc2c(s1)CNC(C)C2.Cl. The molecule has 2 aliphatic rings. The highest BCUT2D eigenvalue weighted by Crippen LogP contribution is 2.28. The molecule has 2 aromatic carbocycles. The third-order valence-corrected chi connectivity index (χ3v) is 9.82. The van der Waals surface area contributed by atoms with Gasteiger partial charge in [0.2, 0.25) is 15.9 Å². The van der Waals surface area contributed by atoms with Crippen molar-refractivity contribution in [2.24, 2.45) is 0 Å². The van der Waals surface area contributed by atoms with Crippen molar-refractivity contribution in [3.8, 4) is 0 Å². The topological polar surface area (TPSA) is 112 Å². The van der Waals surface area contributed by atoms with Gasteiger partial charge >= 0.3 is 0 Å². The van der Waals surface area contributed by atoms with Crippen molar-refractivity contribution in [1.82, 2.24) is 24.8 Å². The minimum absolute atomic E-state index is 0. The quantitative estimate of drug-likeness (QED) is 0.488. The summed E-state index contributed by atoms with van der Waals surface area (Å²) in [6, 6.07) is 9.41. The highest BCUT2D eigenvalue weighted by atomic mass is 35.5. The van der Waals surface area contributed by atoms with E-state index in [1.54, 1.807) is 30.3 Å². The Morgan fingerprint density at radius 1 is 1.16 bits per heavy atom. The lowest BCUT2D eigenvalue weighted by Crippen LogP contribution is -2.61. The second-order valence-corrected chi connectivity index (χ2v) is 12.5. The van der Waals surface area contributed by atoms with Gasteiger partial charge in [0.05, 0.1) is 10.6 Å². The molecule has 0 aliphatic carbocycles. The number of amides is 2. The van der Waals surface area contributed by atoms with Crippen molar-refractivity contribution in [2.75, 3.05) is 26.7 Å². The van der Waals surface area contributed by atoms with E-state index in [-0.39, 0.29) is 48.9 Å². The number of fused-ring (bicyclic) bond motifs is 2. The Kier molecular flexibility index (Phi) is 8.13. The van der Waals surface area contributed by atoms with Crippen molar-refractivity contribution in [2.45, 2.75) is 36.9 Å². The summed E-state index contributed by atoms with van der Waals surface area (Å²) in [6.45, 7) is 2.73. The van der Waals surface area contributed by atoms with E-state index in [9.17, 15) is 18.0 Å². The molecule has 2 N–H and O–H groups in total. The van der Waals surface area contributed by atoms with Gasteiger partial charge in [-0.3, -0.25) is 9.59 Å². The summed E-state index contributed by atoms with van der Waals surface area (Å²) < 4.78 is 28.3. The number of nitrogens with one attached hydrogen (secondary N) is 2. The molecular weight excluding hydrogens is 557 g/mol. The van der Waals surface area contributed by atoms with E-state index in [4.69, 9.17) is 11.6 Å². The zero-order valence-electron chi connectivity index (χ0n) is 20.2. The molecule has 2 amide bonds. The largest absolute Gasteiger partial charge is 0.357 e. The van der Waals surface area contributed by atoms with Crippen LogP contribution in [-0.2, 0) is 27.8 Å². The van der Waals surface area contributed by atoms with Crippen molar-refractivity contribution in [3.05, 3.63) is 57.0 Å². The summed E-state index contributed by atoms with van der Waals surface area (Å²) in [4.78, 5) is 33.4. The Morgan fingerprint density at radius 3 is 2.65 bits per heavy atom. The zero-order chi connectivity index (χ0) is 25.6. The summed E-state index contributed by atoms with van der Waals surface area (Å²) >= 11 is 7.37. The molecule has 2 aliphatic heterocycles. The van der Waals surface area contributed by atoms with Gasteiger partial charge in [0.15, 0.2) is 5.01 Å². The van der Waals surface area contributed by atoms with E-state index in [0.29, 0.717) is 16.6 Å². The molecule has 0 saturated carbocycles. The van der Waals surface area contributed by atoms with Gasteiger partial charge in [-0.2, -0.15) is 4.31 Å². The Hall–Kier alpha value is -2.28.